The monoisotopic (exact) mass is 289 g/mol. The van der Waals surface area contributed by atoms with Crippen molar-refractivity contribution in [3.63, 3.8) is 0 Å². The Morgan fingerprint density at radius 2 is 2.05 bits per heavy atom. The number of carbonyl (C=O) groups is 1. The summed E-state index contributed by atoms with van der Waals surface area (Å²) in [6, 6.07) is 9.40. The number of non-ortho nitro benzene ring substituents is 1. The number of rotatable bonds is 5. The van der Waals surface area contributed by atoms with Crippen molar-refractivity contribution in [1.82, 2.24) is 0 Å². The summed E-state index contributed by atoms with van der Waals surface area (Å²) >= 11 is 0. The minimum absolute atomic E-state index is 0.154. The first-order valence-corrected chi connectivity index (χ1v) is 6.14. The number of hydrogen-bond acceptors (Lipinski definition) is 4. The number of Topliss-reactive ketones (excluding diaryl/α,β-unsaturated/α-hetero) is 1. The maximum atomic E-state index is 12.9. The molecule has 0 aromatic heterocycles. The molecule has 2 aromatic rings. The third-order valence-corrected chi connectivity index (χ3v) is 2.87. The molecule has 0 aliphatic heterocycles. The molecule has 0 unspecified atom stereocenters. The predicted octanol–water partition coefficient (Wildman–Crippen LogP) is 3.30. The molecule has 0 atom stereocenters. The molecular formula is C15H12FNO4. The number of nitro groups is 1. The highest BCUT2D eigenvalue weighted by Gasteiger charge is 2.12. The predicted molar refractivity (Wildman–Crippen MR) is 74.1 cm³/mol. The maximum Gasteiger partial charge on any atom is 0.270 e. The van der Waals surface area contributed by atoms with E-state index >= 15 is 0 Å². The highest BCUT2D eigenvalue weighted by atomic mass is 19.1. The Balaban J connectivity index is 2.08. The molecular weight excluding hydrogens is 277 g/mol. The maximum absolute atomic E-state index is 12.9. The van der Waals surface area contributed by atoms with Crippen LogP contribution >= 0.6 is 0 Å². The lowest BCUT2D eigenvalue weighted by Gasteiger charge is -2.08. The first-order chi connectivity index (χ1) is 9.97. The van der Waals surface area contributed by atoms with Gasteiger partial charge in [0.15, 0.2) is 12.4 Å². The average molecular weight is 289 g/mol. The van der Waals surface area contributed by atoms with E-state index in [-0.39, 0.29) is 29.5 Å². The van der Waals surface area contributed by atoms with Crippen molar-refractivity contribution in [1.29, 1.82) is 0 Å². The second kappa shape index (κ2) is 6.13. The largest absolute Gasteiger partial charge is 0.485 e. The van der Waals surface area contributed by atoms with Gasteiger partial charge in [-0.2, -0.15) is 0 Å². The molecule has 0 aliphatic rings. The molecule has 0 aliphatic carbocycles. The molecule has 0 saturated heterocycles. The fourth-order valence-electron chi connectivity index (χ4n) is 1.79. The summed E-state index contributed by atoms with van der Waals surface area (Å²) in [5, 5.41) is 10.7. The number of benzene rings is 2. The number of aryl methyl sites for hydroxylation is 1. The Morgan fingerprint density at radius 1 is 1.29 bits per heavy atom. The Bertz CT molecular complexity index is 700. The van der Waals surface area contributed by atoms with Gasteiger partial charge in [0.2, 0.25) is 0 Å². The zero-order chi connectivity index (χ0) is 15.4. The molecule has 21 heavy (non-hydrogen) atoms. The third kappa shape index (κ3) is 3.62. The summed E-state index contributed by atoms with van der Waals surface area (Å²) in [4.78, 5) is 22.0. The molecule has 0 N–H and O–H groups in total. The van der Waals surface area contributed by atoms with Crippen LogP contribution in [-0.4, -0.2) is 17.3 Å². The Morgan fingerprint density at radius 3 is 2.71 bits per heavy atom. The molecule has 108 valence electrons. The van der Waals surface area contributed by atoms with Crippen LogP contribution in [0.15, 0.2) is 42.5 Å². The van der Waals surface area contributed by atoms with Gasteiger partial charge < -0.3 is 4.74 Å². The summed E-state index contributed by atoms with van der Waals surface area (Å²) in [6.07, 6.45) is 0. The molecule has 0 saturated carbocycles. The number of halogens is 1. The lowest BCUT2D eigenvalue weighted by atomic mass is 10.1. The third-order valence-electron chi connectivity index (χ3n) is 2.87. The van der Waals surface area contributed by atoms with Crippen molar-refractivity contribution in [3.05, 3.63) is 69.5 Å². The number of nitro benzene ring substituents is 1. The van der Waals surface area contributed by atoms with Crippen LogP contribution in [0.25, 0.3) is 0 Å². The van der Waals surface area contributed by atoms with Crippen LogP contribution in [0.5, 0.6) is 5.75 Å². The summed E-state index contributed by atoms with van der Waals surface area (Å²) in [6.45, 7) is 1.39. The van der Waals surface area contributed by atoms with Crippen LogP contribution in [-0.2, 0) is 0 Å². The fourth-order valence-corrected chi connectivity index (χ4v) is 1.79. The molecule has 0 bridgehead atoms. The second-order valence-electron chi connectivity index (χ2n) is 4.43. The summed E-state index contributed by atoms with van der Waals surface area (Å²) in [5.41, 5.74) is 0.615. The zero-order valence-corrected chi connectivity index (χ0v) is 11.2. The van der Waals surface area contributed by atoms with E-state index in [9.17, 15) is 19.3 Å². The molecule has 0 heterocycles. The van der Waals surface area contributed by atoms with Crippen LogP contribution < -0.4 is 4.74 Å². The topological polar surface area (TPSA) is 69.4 Å². The average Bonchev–Trinajstić information content (AvgIpc) is 2.46. The van der Waals surface area contributed by atoms with Crippen LogP contribution in [0.2, 0.25) is 0 Å². The van der Waals surface area contributed by atoms with Gasteiger partial charge in [-0.05, 0) is 30.7 Å². The Labute approximate surface area is 120 Å². The molecule has 2 aromatic carbocycles. The minimum Gasteiger partial charge on any atom is -0.485 e. The molecule has 0 fully saturated rings. The smallest absolute Gasteiger partial charge is 0.270 e. The fraction of sp³-hybridized carbons (Fsp3) is 0.133. The van der Waals surface area contributed by atoms with Gasteiger partial charge in [0.25, 0.3) is 5.69 Å². The SMILES string of the molecule is Cc1cc(F)ccc1OCC(=O)c1cccc([N+](=O)[O-])c1. The minimum atomic E-state index is -0.568. The van der Waals surface area contributed by atoms with E-state index < -0.39 is 4.92 Å². The number of hydrogen-bond donors (Lipinski definition) is 0. The molecule has 0 amide bonds. The first kappa shape index (κ1) is 14.6. The van der Waals surface area contributed by atoms with Crippen LogP contribution in [0, 0.1) is 22.9 Å². The molecule has 5 nitrogen and oxygen atoms in total. The Hall–Kier alpha value is -2.76. The van der Waals surface area contributed by atoms with Crippen molar-refractivity contribution >= 4 is 11.5 Å². The summed E-state index contributed by atoms with van der Waals surface area (Å²) < 4.78 is 18.3. The van der Waals surface area contributed by atoms with E-state index in [1.807, 2.05) is 0 Å². The van der Waals surface area contributed by atoms with E-state index in [2.05, 4.69) is 0 Å². The second-order valence-corrected chi connectivity index (χ2v) is 4.43. The summed E-state index contributed by atoms with van der Waals surface area (Å²) in [7, 11) is 0. The van der Waals surface area contributed by atoms with Crippen LogP contribution in [0.4, 0.5) is 10.1 Å². The first-order valence-electron chi connectivity index (χ1n) is 6.14. The number of ether oxygens (including phenoxy) is 1. The normalized spacial score (nSPS) is 10.2. The van der Waals surface area contributed by atoms with E-state index in [0.29, 0.717) is 11.3 Å². The van der Waals surface area contributed by atoms with Crippen molar-refractivity contribution in [2.75, 3.05) is 6.61 Å². The lowest BCUT2D eigenvalue weighted by Crippen LogP contribution is -2.12. The molecule has 0 spiro atoms. The van der Waals surface area contributed by atoms with Crippen LogP contribution in [0.1, 0.15) is 15.9 Å². The van der Waals surface area contributed by atoms with Crippen molar-refractivity contribution in [2.45, 2.75) is 6.92 Å². The van der Waals surface area contributed by atoms with E-state index in [4.69, 9.17) is 4.74 Å². The van der Waals surface area contributed by atoms with Gasteiger partial charge in [0.05, 0.1) is 4.92 Å². The van der Waals surface area contributed by atoms with Gasteiger partial charge >= 0.3 is 0 Å². The van der Waals surface area contributed by atoms with Gasteiger partial charge in [0.1, 0.15) is 11.6 Å². The van der Waals surface area contributed by atoms with Gasteiger partial charge in [-0.25, -0.2) is 4.39 Å². The summed E-state index contributed by atoms with van der Waals surface area (Å²) in [5.74, 6) is -0.373. The standard InChI is InChI=1S/C15H12FNO4/c1-10-7-12(16)5-6-15(10)21-9-14(18)11-3-2-4-13(8-11)17(19)20/h2-8H,9H2,1H3. The van der Waals surface area contributed by atoms with Gasteiger partial charge in [-0.3, -0.25) is 14.9 Å². The van der Waals surface area contributed by atoms with Gasteiger partial charge in [-0.1, -0.05) is 12.1 Å². The van der Waals surface area contributed by atoms with Gasteiger partial charge in [0, 0.05) is 17.7 Å². The van der Waals surface area contributed by atoms with Crippen LogP contribution in [0.3, 0.4) is 0 Å². The zero-order valence-electron chi connectivity index (χ0n) is 11.2. The molecule has 6 heteroatoms. The number of nitrogens with zero attached hydrogens (tertiary/aromatic N) is 1. The molecule has 0 radical (unpaired) electrons. The van der Waals surface area contributed by atoms with E-state index in [0.717, 1.165) is 0 Å². The Kier molecular flexibility index (Phi) is 4.27. The van der Waals surface area contributed by atoms with Crippen molar-refractivity contribution < 1.29 is 18.8 Å². The molecule has 2 rings (SSSR count). The number of carbonyl (C=O) groups excluding carboxylic acids is 1. The number of ketones is 1. The highest BCUT2D eigenvalue weighted by molar-refractivity contribution is 5.97. The van der Waals surface area contributed by atoms with E-state index in [1.165, 1.54) is 42.5 Å². The van der Waals surface area contributed by atoms with Gasteiger partial charge in [-0.15, -0.1) is 0 Å². The lowest BCUT2D eigenvalue weighted by molar-refractivity contribution is -0.384. The quantitative estimate of drug-likeness (QED) is 0.481. The highest BCUT2D eigenvalue weighted by Crippen LogP contribution is 2.19. The van der Waals surface area contributed by atoms with Crippen molar-refractivity contribution in [3.8, 4) is 5.75 Å². The van der Waals surface area contributed by atoms with E-state index in [1.54, 1.807) is 6.92 Å². The van der Waals surface area contributed by atoms with Crippen molar-refractivity contribution in [2.24, 2.45) is 0 Å².